The SMILES string of the molecule is Cn1nc(C(F)F)c(C(N)=O)c1C1CC1. The second kappa shape index (κ2) is 3.29. The van der Waals surface area contributed by atoms with Crippen molar-refractivity contribution in [3.63, 3.8) is 0 Å². The van der Waals surface area contributed by atoms with Gasteiger partial charge in [0.2, 0.25) is 0 Å². The molecule has 0 radical (unpaired) electrons. The van der Waals surface area contributed by atoms with Crippen molar-refractivity contribution in [2.75, 3.05) is 0 Å². The number of carbonyl (C=O) groups excluding carboxylic acids is 1. The van der Waals surface area contributed by atoms with E-state index < -0.39 is 18.0 Å². The molecule has 0 bridgehead atoms. The summed E-state index contributed by atoms with van der Waals surface area (Å²) in [6, 6.07) is 0. The van der Waals surface area contributed by atoms with E-state index >= 15 is 0 Å². The van der Waals surface area contributed by atoms with Crippen molar-refractivity contribution in [2.45, 2.75) is 25.2 Å². The molecule has 2 N–H and O–H groups in total. The molecule has 1 saturated carbocycles. The van der Waals surface area contributed by atoms with Crippen LogP contribution in [0.15, 0.2) is 0 Å². The Morgan fingerprint density at radius 3 is 2.60 bits per heavy atom. The second-order valence-electron chi connectivity index (χ2n) is 3.71. The third-order valence-corrected chi connectivity index (χ3v) is 2.54. The number of amides is 1. The Morgan fingerprint density at radius 2 is 2.20 bits per heavy atom. The molecule has 82 valence electrons. The monoisotopic (exact) mass is 215 g/mol. The maximum atomic E-state index is 12.6. The van der Waals surface area contributed by atoms with Crippen molar-refractivity contribution in [1.82, 2.24) is 9.78 Å². The summed E-state index contributed by atoms with van der Waals surface area (Å²) in [4.78, 5) is 11.1. The Hall–Kier alpha value is -1.46. The zero-order valence-corrected chi connectivity index (χ0v) is 8.20. The lowest BCUT2D eigenvalue weighted by molar-refractivity contribution is 0.0984. The van der Waals surface area contributed by atoms with Crippen molar-refractivity contribution >= 4 is 5.91 Å². The number of nitrogens with zero attached hydrogens (tertiary/aromatic N) is 2. The lowest BCUT2D eigenvalue weighted by Gasteiger charge is -2.01. The van der Waals surface area contributed by atoms with Crippen molar-refractivity contribution in [1.29, 1.82) is 0 Å². The number of halogens is 2. The Bertz CT molecular complexity index is 410. The van der Waals surface area contributed by atoms with Crippen LogP contribution in [0.25, 0.3) is 0 Å². The summed E-state index contributed by atoms with van der Waals surface area (Å²) in [7, 11) is 1.56. The molecule has 1 amide bonds. The fourth-order valence-electron chi connectivity index (χ4n) is 1.79. The normalized spacial score (nSPS) is 16.0. The molecule has 6 heteroatoms. The first kappa shape index (κ1) is 10.1. The second-order valence-corrected chi connectivity index (χ2v) is 3.71. The number of alkyl halides is 2. The lowest BCUT2D eigenvalue weighted by Crippen LogP contribution is -2.15. The summed E-state index contributed by atoms with van der Waals surface area (Å²) < 4.78 is 26.5. The highest BCUT2D eigenvalue weighted by atomic mass is 19.3. The van der Waals surface area contributed by atoms with Crippen LogP contribution in [-0.2, 0) is 7.05 Å². The Kier molecular flexibility index (Phi) is 2.21. The number of hydrogen-bond acceptors (Lipinski definition) is 2. The molecular weight excluding hydrogens is 204 g/mol. The van der Waals surface area contributed by atoms with Crippen LogP contribution in [0.2, 0.25) is 0 Å². The van der Waals surface area contributed by atoms with Gasteiger partial charge in [-0.25, -0.2) is 8.78 Å². The van der Waals surface area contributed by atoms with E-state index in [1.54, 1.807) is 7.05 Å². The van der Waals surface area contributed by atoms with Crippen molar-refractivity contribution in [3.8, 4) is 0 Å². The first-order chi connectivity index (χ1) is 7.02. The Morgan fingerprint density at radius 1 is 1.60 bits per heavy atom. The van der Waals surface area contributed by atoms with E-state index in [-0.39, 0.29) is 11.5 Å². The maximum Gasteiger partial charge on any atom is 0.282 e. The first-order valence-corrected chi connectivity index (χ1v) is 4.67. The molecule has 4 nitrogen and oxygen atoms in total. The molecule has 15 heavy (non-hydrogen) atoms. The molecule has 0 unspecified atom stereocenters. The van der Waals surface area contributed by atoms with E-state index in [4.69, 9.17) is 5.73 Å². The lowest BCUT2D eigenvalue weighted by atomic mass is 10.1. The highest BCUT2D eigenvalue weighted by Gasteiger charge is 2.35. The summed E-state index contributed by atoms with van der Waals surface area (Å²) in [5.41, 5.74) is 5.08. The summed E-state index contributed by atoms with van der Waals surface area (Å²) in [6.07, 6.45) is -0.948. The standard InChI is InChI=1S/C9H11F2N3O/c1-14-7(4-2-3-4)5(9(12)15)6(13-14)8(10)11/h4,8H,2-3H2,1H3,(H2,12,15). The molecule has 1 fully saturated rings. The quantitative estimate of drug-likeness (QED) is 0.826. The van der Waals surface area contributed by atoms with E-state index in [9.17, 15) is 13.6 Å². The molecule has 0 atom stereocenters. The van der Waals surface area contributed by atoms with Gasteiger partial charge < -0.3 is 5.73 Å². The fraction of sp³-hybridized carbons (Fsp3) is 0.556. The molecule has 1 aromatic heterocycles. The predicted octanol–water partition coefficient (Wildman–Crippen LogP) is 1.33. The van der Waals surface area contributed by atoms with Gasteiger partial charge in [-0.1, -0.05) is 0 Å². The summed E-state index contributed by atoms with van der Waals surface area (Å²) in [6.45, 7) is 0. The third-order valence-electron chi connectivity index (χ3n) is 2.54. The van der Waals surface area contributed by atoms with Gasteiger partial charge in [-0.05, 0) is 12.8 Å². The smallest absolute Gasteiger partial charge is 0.282 e. The van der Waals surface area contributed by atoms with Gasteiger partial charge in [0.15, 0.2) is 0 Å². The molecule has 1 aliphatic carbocycles. The van der Waals surface area contributed by atoms with Crippen LogP contribution in [0.3, 0.4) is 0 Å². The number of aryl methyl sites for hydroxylation is 1. The Labute approximate surface area is 85.1 Å². The molecule has 1 heterocycles. The summed E-state index contributed by atoms with van der Waals surface area (Å²) in [5.74, 6) is -0.655. The molecule has 0 spiro atoms. The van der Waals surface area contributed by atoms with E-state index in [2.05, 4.69) is 5.10 Å². The van der Waals surface area contributed by atoms with Gasteiger partial charge in [-0.15, -0.1) is 0 Å². The van der Waals surface area contributed by atoms with Crippen LogP contribution in [0, 0.1) is 0 Å². The zero-order valence-electron chi connectivity index (χ0n) is 8.20. The predicted molar refractivity (Wildman–Crippen MR) is 48.7 cm³/mol. The summed E-state index contributed by atoms with van der Waals surface area (Å²) in [5, 5.41) is 3.66. The van der Waals surface area contributed by atoms with Gasteiger partial charge in [0, 0.05) is 13.0 Å². The average Bonchev–Trinajstić information content (AvgIpc) is 2.89. The first-order valence-electron chi connectivity index (χ1n) is 4.67. The molecule has 0 aromatic carbocycles. The van der Waals surface area contributed by atoms with Gasteiger partial charge in [0.05, 0.1) is 11.3 Å². The minimum Gasteiger partial charge on any atom is -0.365 e. The maximum absolute atomic E-state index is 12.6. The van der Waals surface area contributed by atoms with E-state index in [1.807, 2.05) is 0 Å². The third kappa shape index (κ3) is 1.60. The number of carbonyl (C=O) groups is 1. The highest BCUT2D eigenvalue weighted by Crippen LogP contribution is 2.43. The molecule has 1 aromatic rings. The van der Waals surface area contributed by atoms with E-state index in [0.29, 0.717) is 5.69 Å². The highest BCUT2D eigenvalue weighted by molar-refractivity contribution is 5.95. The van der Waals surface area contributed by atoms with Crippen LogP contribution >= 0.6 is 0 Å². The van der Waals surface area contributed by atoms with Gasteiger partial charge >= 0.3 is 0 Å². The fourth-order valence-corrected chi connectivity index (χ4v) is 1.79. The van der Waals surface area contributed by atoms with Crippen molar-refractivity contribution < 1.29 is 13.6 Å². The van der Waals surface area contributed by atoms with Gasteiger partial charge in [-0.3, -0.25) is 9.48 Å². The Balaban J connectivity index is 2.56. The average molecular weight is 215 g/mol. The van der Waals surface area contributed by atoms with Crippen LogP contribution in [-0.4, -0.2) is 15.7 Å². The largest absolute Gasteiger partial charge is 0.365 e. The van der Waals surface area contributed by atoms with Crippen molar-refractivity contribution in [3.05, 3.63) is 17.0 Å². The number of aromatic nitrogens is 2. The number of hydrogen-bond donors (Lipinski definition) is 1. The van der Waals surface area contributed by atoms with Crippen LogP contribution < -0.4 is 5.73 Å². The number of rotatable bonds is 3. The summed E-state index contributed by atoms with van der Waals surface area (Å²) >= 11 is 0. The topological polar surface area (TPSA) is 60.9 Å². The van der Waals surface area contributed by atoms with Crippen LogP contribution in [0.5, 0.6) is 0 Å². The number of primary amides is 1. The van der Waals surface area contributed by atoms with Crippen LogP contribution in [0.4, 0.5) is 8.78 Å². The van der Waals surface area contributed by atoms with E-state index in [1.165, 1.54) is 4.68 Å². The van der Waals surface area contributed by atoms with Gasteiger partial charge in [-0.2, -0.15) is 5.10 Å². The minimum atomic E-state index is -2.76. The molecule has 0 saturated heterocycles. The zero-order chi connectivity index (χ0) is 11.2. The van der Waals surface area contributed by atoms with Gasteiger partial charge in [0.1, 0.15) is 5.69 Å². The molecule has 1 aliphatic rings. The minimum absolute atomic E-state index is 0.0880. The van der Waals surface area contributed by atoms with Gasteiger partial charge in [0.25, 0.3) is 12.3 Å². The molecular formula is C9H11F2N3O. The molecule has 0 aliphatic heterocycles. The van der Waals surface area contributed by atoms with E-state index in [0.717, 1.165) is 12.8 Å². The molecule has 2 rings (SSSR count). The van der Waals surface area contributed by atoms with Crippen LogP contribution in [0.1, 0.15) is 46.9 Å². The number of nitrogens with two attached hydrogens (primary N) is 1. The van der Waals surface area contributed by atoms with Crippen molar-refractivity contribution in [2.24, 2.45) is 12.8 Å².